The number of hydrogen-bond donors (Lipinski definition) is 1. The third kappa shape index (κ3) is 6.00. The lowest BCUT2D eigenvalue weighted by Crippen LogP contribution is -2.62. The van der Waals surface area contributed by atoms with Gasteiger partial charge in [0.05, 0.1) is 6.61 Å². The molecule has 1 amide bonds. The van der Waals surface area contributed by atoms with Crippen LogP contribution in [0.3, 0.4) is 0 Å². The van der Waals surface area contributed by atoms with E-state index in [0.717, 1.165) is 13.8 Å². The number of carbonyl (C=O) groups is 2. The van der Waals surface area contributed by atoms with Crippen molar-refractivity contribution >= 4 is 22.0 Å². The van der Waals surface area contributed by atoms with Gasteiger partial charge in [0.15, 0.2) is 10.1 Å². The van der Waals surface area contributed by atoms with Crippen molar-refractivity contribution in [1.29, 1.82) is 0 Å². The molecule has 0 saturated heterocycles. The standard InChI is InChI=1S/C13H15F8NO7S/c1-6(2)22-9(24)11(12(17,18)19,29-8(23)7(3)14)28-5-4-10(15,16)13(20,21)30(25,26)27/h6H,3-5H2,1-2H3,(H,22,24)(H,25,26,27)/p-1. The lowest BCUT2D eigenvalue weighted by Gasteiger charge is -2.34. The molecule has 0 radical (unpaired) electrons. The van der Waals surface area contributed by atoms with Crippen LogP contribution in [0, 0.1) is 0 Å². The van der Waals surface area contributed by atoms with Gasteiger partial charge in [-0.15, -0.1) is 0 Å². The summed E-state index contributed by atoms with van der Waals surface area (Å²) in [7, 11) is -6.95. The summed E-state index contributed by atoms with van der Waals surface area (Å²) >= 11 is 0. The molecule has 1 N–H and O–H groups in total. The van der Waals surface area contributed by atoms with Crippen LogP contribution >= 0.6 is 0 Å². The second-order valence-corrected chi connectivity index (χ2v) is 7.23. The molecular weight excluding hydrogens is 466 g/mol. The summed E-state index contributed by atoms with van der Waals surface area (Å²) in [6.45, 7) is 2.30. The van der Waals surface area contributed by atoms with Gasteiger partial charge in [-0.25, -0.2) is 13.2 Å². The molecule has 0 rings (SSSR count). The van der Waals surface area contributed by atoms with Gasteiger partial charge in [-0.1, -0.05) is 6.58 Å². The van der Waals surface area contributed by atoms with Crippen molar-refractivity contribution in [1.82, 2.24) is 5.32 Å². The van der Waals surface area contributed by atoms with Crippen molar-refractivity contribution < 1.29 is 67.2 Å². The minimum Gasteiger partial charge on any atom is -0.743 e. The summed E-state index contributed by atoms with van der Waals surface area (Å²) in [5.41, 5.74) is 0. The molecule has 17 heteroatoms. The maximum atomic E-state index is 13.4. The van der Waals surface area contributed by atoms with E-state index < -0.39 is 70.0 Å². The second-order valence-electron chi connectivity index (χ2n) is 5.81. The highest BCUT2D eigenvalue weighted by atomic mass is 32.2. The minimum atomic E-state index is -6.95. The molecule has 0 aliphatic heterocycles. The van der Waals surface area contributed by atoms with E-state index in [-0.39, 0.29) is 0 Å². The zero-order valence-corrected chi connectivity index (χ0v) is 15.8. The van der Waals surface area contributed by atoms with E-state index in [4.69, 9.17) is 0 Å². The van der Waals surface area contributed by atoms with Gasteiger partial charge in [-0.2, -0.15) is 35.1 Å². The quantitative estimate of drug-likeness (QED) is 0.167. The van der Waals surface area contributed by atoms with E-state index in [1.54, 1.807) is 5.32 Å². The predicted octanol–water partition coefficient (Wildman–Crippen LogP) is 1.98. The van der Waals surface area contributed by atoms with Crippen LogP contribution in [-0.2, 0) is 29.2 Å². The molecule has 0 aromatic carbocycles. The van der Waals surface area contributed by atoms with Crippen LogP contribution in [0.25, 0.3) is 0 Å². The van der Waals surface area contributed by atoms with Gasteiger partial charge < -0.3 is 19.3 Å². The number of esters is 1. The van der Waals surface area contributed by atoms with Crippen LogP contribution in [-0.4, -0.2) is 60.6 Å². The van der Waals surface area contributed by atoms with Gasteiger partial charge in [0.1, 0.15) is 0 Å². The van der Waals surface area contributed by atoms with Crippen molar-refractivity contribution in [2.75, 3.05) is 6.61 Å². The average Bonchev–Trinajstić information content (AvgIpc) is 2.50. The molecule has 0 fully saturated rings. The molecule has 1 unspecified atom stereocenters. The van der Waals surface area contributed by atoms with Crippen LogP contribution in [0.2, 0.25) is 0 Å². The summed E-state index contributed by atoms with van der Waals surface area (Å²) in [4.78, 5) is 23.1. The maximum absolute atomic E-state index is 13.4. The number of rotatable bonds is 10. The van der Waals surface area contributed by atoms with E-state index in [1.165, 1.54) is 0 Å². The molecule has 0 spiro atoms. The van der Waals surface area contributed by atoms with Crippen molar-refractivity contribution in [2.45, 2.75) is 49.5 Å². The number of ether oxygens (including phenoxy) is 2. The maximum Gasteiger partial charge on any atom is 0.466 e. The first-order valence-electron chi connectivity index (χ1n) is 7.43. The fraction of sp³-hybridized carbons (Fsp3) is 0.692. The highest BCUT2D eigenvalue weighted by Crippen LogP contribution is 2.42. The number of nitrogens with one attached hydrogen (secondary N) is 1. The molecule has 176 valence electrons. The van der Waals surface area contributed by atoms with Gasteiger partial charge in [0.25, 0.3) is 0 Å². The molecule has 0 heterocycles. The number of amides is 1. The Bertz CT molecular complexity index is 781. The molecule has 8 nitrogen and oxygen atoms in total. The van der Waals surface area contributed by atoms with Crippen LogP contribution in [0.1, 0.15) is 20.3 Å². The fourth-order valence-corrected chi connectivity index (χ4v) is 2.07. The van der Waals surface area contributed by atoms with Crippen molar-refractivity contribution in [3.63, 3.8) is 0 Å². The monoisotopic (exact) mass is 480 g/mol. The zero-order valence-electron chi connectivity index (χ0n) is 15.0. The number of hydrogen-bond acceptors (Lipinski definition) is 7. The Morgan fingerprint density at radius 2 is 1.57 bits per heavy atom. The molecule has 0 aliphatic rings. The molecule has 1 atom stereocenters. The van der Waals surface area contributed by atoms with Crippen molar-refractivity contribution in [3.05, 3.63) is 12.4 Å². The number of halogens is 8. The Balaban J connectivity index is 6.03. The number of alkyl halides is 7. The highest BCUT2D eigenvalue weighted by molar-refractivity contribution is 7.86. The SMILES string of the molecule is C=C(F)C(=O)OC(OCCC(F)(F)C(F)(F)S(=O)(=O)[O-])(C(=O)NC(C)C)C(F)(F)F. The normalized spacial score (nSPS) is 15.5. The molecule has 30 heavy (non-hydrogen) atoms. The average molecular weight is 480 g/mol. The third-order valence-electron chi connectivity index (χ3n) is 3.01. The first-order valence-corrected chi connectivity index (χ1v) is 8.83. The molecule has 0 aromatic heterocycles. The van der Waals surface area contributed by atoms with Crippen molar-refractivity contribution in [2.24, 2.45) is 0 Å². The Morgan fingerprint density at radius 1 is 1.10 bits per heavy atom. The van der Waals surface area contributed by atoms with Crippen LogP contribution in [0.5, 0.6) is 0 Å². The number of carbonyl (C=O) groups excluding carboxylic acids is 2. The van der Waals surface area contributed by atoms with Crippen LogP contribution < -0.4 is 5.32 Å². The van der Waals surface area contributed by atoms with Gasteiger partial charge in [-0.05, 0) is 13.8 Å². The van der Waals surface area contributed by atoms with E-state index in [1.807, 2.05) is 0 Å². The largest absolute Gasteiger partial charge is 0.743 e. The third-order valence-corrected chi connectivity index (χ3v) is 3.94. The van der Waals surface area contributed by atoms with Gasteiger partial charge in [0.2, 0.25) is 5.83 Å². The lowest BCUT2D eigenvalue weighted by molar-refractivity contribution is -0.350. The summed E-state index contributed by atoms with van der Waals surface area (Å²) in [6, 6.07) is -1.11. The zero-order chi connectivity index (χ0) is 24.3. The summed E-state index contributed by atoms with van der Waals surface area (Å²) < 4.78 is 144. The molecule has 0 aromatic rings. The molecular formula is C13H14F8NO7S-. The Kier molecular flexibility index (Phi) is 8.40. The van der Waals surface area contributed by atoms with Crippen molar-refractivity contribution in [3.8, 4) is 0 Å². The second kappa shape index (κ2) is 9.01. The lowest BCUT2D eigenvalue weighted by atomic mass is 10.2. The van der Waals surface area contributed by atoms with E-state index in [0.29, 0.717) is 0 Å². The summed E-state index contributed by atoms with van der Waals surface area (Å²) in [5.74, 6) is -17.6. The predicted molar refractivity (Wildman–Crippen MR) is 78.6 cm³/mol. The van der Waals surface area contributed by atoms with E-state index in [9.17, 15) is 57.7 Å². The molecule has 0 bridgehead atoms. The van der Waals surface area contributed by atoms with Crippen LogP contribution in [0.4, 0.5) is 35.1 Å². The Hall–Kier alpha value is -2.01. The first-order chi connectivity index (χ1) is 13.1. The summed E-state index contributed by atoms with van der Waals surface area (Å²) in [6.07, 6.45) is -8.62. The highest BCUT2D eigenvalue weighted by Gasteiger charge is 2.67. The van der Waals surface area contributed by atoms with Gasteiger partial charge in [0, 0.05) is 12.5 Å². The van der Waals surface area contributed by atoms with Gasteiger partial charge >= 0.3 is 35.0 Å². The Morgan fingerprint density at radius 3 is 1.90 bits per heavy atom. The van der Waals surface area contributed by atoms with E-state index in [2.05, 4.69) is 16.1 Å². The first kappa shape index (κ1) is 28.0. The summed E-state index contributed by atoms with van der Waals surface area (Å²) in [5, 5.41) is -4.71. The molecule has 0 saturated carbocycles. The smallest absolute Gasteiger partial charge is 0.466 e. The van der Waals surface area contributed by atoms with Gasteiger partial charge in [-0.3, -0.25) is 4.79 Å². The fourth-order valence-electron chi connectivity index (χ4n) is 1.60. The topological polar surface area (TPSA) is 122 Å². The molecule has 0 aliphatic carbocycles. The minimum absolute atomic E-state index is 1.10. The van der Waals surface area contributed by atoms with E-state index >= 15 is 0 Å². The Labute approximate surface area is 163 Å². The van der Waals surface area contributed by atoms with Crippen LogP contribution in [0.15, 0.2) is 12.4 Å².